The number of thioether (sulfide) groups is 1. The molecule has 0 amide bonds. The lowest BCUT2D eigenvalue weighted by Crippen LogP contribution is -2.41. The second kappa shape index (κ2) is 9.96. The van der Waals surface area contributed by atoms with E-state index in [-0.39, 0.29) is 18.5 Å². The van der Waals surface area contributed by atoms with E-state index in [1.165, 1.54) is 22.9 Å². The van der Waals surface area contributed by atoms with E-state index in [2.05, 4.69) is 81.2 Å². The van der Waals surface area contributed by atoms with Gasteiger partial charge in [0.25, 0.3) is 0 Å². The number of hydrogen-bond donors (Lipinski definition) is 2. The van der Waals surface area contributed by atoms with Crippen molar-refractivity contribution in [3.05, 3.63) is 59.7 Å². The van der Waals surface area contributed by atoms with Crippen LogP contribution >= 0.6 is 11.8 Å². The molecule has 0 unspecified atom stereocenters. The minimum Gasteiger partial charge on any atom is -0.461 e. The molecule has 0 spiro atoms. The second-order valence-corrected chi connectivity index (χ2v) is 11.1. The summed E-state index contributed by atoms with van der Waals surface area (Å²) in [4.78, 5) is 20.3. The van der Waals surface area contributed by atoms with Crippen LogP contribution in [0, 0.1) is 0 Å². The first-order valence-corrected chi connectivity index (χ1v) is 12.9. The highest BCUT2D eigenvalue weighted by molar-refractivity contribution is 7.99. The molecule has 0 bridgehead atoms. The first kappa shape index (κ1) is 24.6. The summed E-state index contributed by atoms with van der Waals surface area (Å²) in [6.07, 6.45) is 0.135. The maximum Gasteiger partial charge on any atom is 0.309 e. The highest BCUT2D eigenvalue weighted by Crippen LogP contribution is 2.35. The maximum atomic E-state index is 11.9. The van der Waals surface area contributed by atoms with Crippen LogP contribution in [0.15, 0.2) is 53.7 Å². The van der Waals surface area contributed by atoms with Crippen molar-refractivity contribution in [3.63, 3.8) is 0 Å². The standard InChI is InChI=1S/C28H34N2O3S/c1-17(2)19-6-10-21(11-7-19)25-26(22-12-8-20(9-13-22)18(3)4)30-27(29-25)34-16-23-14-28(5,32)15-24(31)33-23/h6-13,17-18,23,32H,14-16H2,1-5H3,(H,29,30)/t23-,28+/m0/s1. The summed E-state index contributed by atoms with van der Waals surface area (Å²) in [6.45, 7) is 10.5. The molecule has 1 saturated heterocycles. The number of aromatic nitrogens is 2. The molecule has 2 heterocycles. The van der Waals surface area contributed by atoms with Crippen LogP contribution in [-0.2, 0) is 9.53 Å². The van der Waals surface area contributed by atoms with Crippen molar-refractivity contribution in [2.75, 3.05) is 5.75 Å². The number of imidazole rings is 1. The molecule has 0 aliphatic carbocycles. The molecule has 2 aromatic carbocycles. The van der Waals surface area contributed by atoms with E-state index < -0.39 is 5.60 Å². The van der Waals surface area contributed by atoms with Crippen molar-refractivity contribution in [2.24, 2.45) is 0 Å². The fraction of sp³-hybridized carbons (Fsp3) is 0.429. The number of cyclic esters (lactones) is 1. The van der Waals surface area contributed by atoms with E-state index in [4.69, 9.17) is 9.72 Å². The van der Waals surface area contributed by atoms with Crippen molar-refractivity contribution >= 4 is 17.7 Å². The quantitative estimate of drug-likeness (QED) is 0.298. The van der Waals surface area contributed by atoms with Gasteiger partial charge in [0.2, 0.25) is 0 Å². The average molecular weight is 479 g/mol. The Kier molecular flexibility index (Phi) is 7.20. The lowest BCUT2D eigenvalue weighted by molar-refractivity contribution is -0.165. The monoisotopic (exact) mass is 478 g/mol. The molecule has 34 heavy (non-hydrogen) atoms. The van der Waals surface area contributed by atoms with Gasteiger partial charge in [-0.05, 0) is 29.9 Å². The fourth-order valence-electron chi connectivity index (χ4n) is 4.31. The van der Waals surface area contributed by atoms with Crippen LogP contribution in [0.1, 0.15) is 70.4 Å². The zero-order valence-corrected chi connectivity index (χ0v) is 21.4. The molecule has 180 valence electrons. The number of ether oxygens (including phenoxy) is 1. The molecule has 2 N–H and O–H groups in total. The lowest BCUT2D eigenvalue weighted by Gasteiger charge is -2.32. The predicted molar refractivity (Wildman–Crippen MR) is 138 cm³/mol. The lowest BCUT2D eigenvalue weighted by atomic mass is 9.93. The number of nitrogens with zero attached hydrogens (tertiary/aromatic N) is 1. The zero-order valence-electron chi connectivity index (χ0n) is 20.6. The van der Waals surface area contributed by atoms with Gasteiger partial charge in [-0.15, -0.1) is 0 Å². The summed E-state index contributed by atoms with van der Waals surface area (Å²) >= 11 is 1.52. The average Bonchev–Trinajstić information content (AvgIpc) is 3.21. The second-order valence-electron chi connectivity index (χ2n) is 10.1. The Morgan fingerprint density at radius 1 is 1.03 bits per heavy atom. The van der Waals surface area contributed by atoms with E-state index in [9.17, 15) is 9.90 Å². The summed E-state index contributed by atoms with van der Waals surface area (Å²) in [6, 6.07) is 17.2. The first-order valence-electron chi connectivity index (χ1n) is 12.0. The van der Waals surface area contributed by atoms with Gasteiger partial charge in [0.15, 0.2) is 5.16 Å². The van der Waals surface area contributed by atoms with Crippen LogP contribution in [0.5, 0.6) is 0 Å². The Morgan fingerprint density at radius 3 is 2.12 bits per heavy atom. The van der Waals surface area contributed by atoms with Crippen molar-refractivity contribution < 1.29 is 14.6 Å². The maximum absolute atomic E-state index is 11.9. The van der Waals surface area contributed by atoms with Crippen molar-refractivity contribution in [1.82, 2.24) is 9.97 Å². The minimum absolute atomic E-state index is 0.0436. The zero-order chi connectivity index (χ0) is 24.5. The molecule has 1 aliphatic heterocycles. The van der Waals surface area contributed by atoms with Gasteiger partial charge in [0, 0.05) is 23.3 Å². The molecule has 5 nitrogen and oxygen atoms in total. The van der Waals surface area contributed by atoms with Gasteiger partial charge in [0.05, 0.1) is 23.4 Å². The number of nitrogens with one attached hydrogen (secondary N) is 1. The van der Waals surface area contributed by atoms with Crippen LogP contribution in [0.4, 0.5) is 0 Å². The number of carbonyl (C=O) groups is 1. The number of benzene rings is 2. The number of carbonyl (C=O) groups excluding carboxylic acids is 1. The fourth-order valence-corrected chi connectivity index (χ4v) is 5.17. The summed E-state index contributed by atoms with van der Waals surface area (Å²) in [5.74, 6) is 1.13. The molecule has 1 aliphatic rings. The Morgan fingerprint density at radius 2 is 1.59 bits per heavy atom. The summed E-state index contributed by atoms with van der Waals surface area (Å²) in [7, 11) is 0. The largest absolute Gasteiger partial charge is 0.461 e. The van der Waals surface area contributed by atoms with Crippen LogP contribution in [0.25, 0.3) is 22.5 Å². The Labute approximate surface area is 206 Å². The number of aliphatic hydroxyl groups is 1. The number of H-pyrrole nitrogens is 1. The smallest absolute Gasteiger partial charge is 0.309 e. The van der Waals surface area contributed by atoms with Crippen LogP contribution in [0.3, 0.4) is 0 Å². The van der Waals surface area contributed by atoms with Crippen molar-refractivity contribution in [2.45, 2.75) is 76.2 Å². The third-order valence-corrected chi connectivity index (χ3v) is 7.30. The van der Waals surface area contributed by atoms with E-state index >= 15 is 0 Å². The van der Waals surface area contributed by atoms with Gasteiger partial charge < -0.3 is 14.8 Å². The molecule has 0 saturated carbocycles. The third kappa shape index (κ3) is 5.73. The molecule has 2 atom stereocenters. The topological polar surface area (TPSA) is 75.2 Å². The summed E-state index contributed by atoms with van der Waals surface area (Å²) < 4.78 is 5.46. The van der Waals surface area contributed by atoms with Crippen molar-refractivity contribution in [1.29, 1.82) is 0 Å². The minimum atomic E-state index is -1.02. The first-order chi connectivity index (χ1) is 16.1. The van der Waals surface area contributed by atoms with Gasteiger partial charge in [-0.1, -0.05) is 88.0 Å². The molecular formula is C28H34N2O3S. The normalized spacial score (nSPS) is 20.7. The molecule has 6 heteroatoms. The molecule has 1 fully saturated rings. The van der Waals surface area contributed by atoms with Crippen LogP contribution < -0.4 is 0 Å². The van der Waals surface area contributed by atoms with Gasteiger partial charge in [-0.25, -0.2) is 4.98 Å². The summed E-state index contributed by atoms with van der Waals surface area (Å²) in [5, 5.41) is 11.1. The number of hydrogen-bond acceptors (Lipinski definition) is 5. The Bertz CT molecular complexity index is 1060. The highest BCUT2D eigenvalue weighted by atomic mass is 32.2. The van der Waals surface area contributed by atoms with E-state index in [0.29, 0.717) is 24.0 Å². The van der Waals surface area contributed by atoms with Gasteiger partial charge in [-0.3, -0.25) is 4.79 Å². The van der Waals surface area contributed by atoms with E-state index in [0.717, 1.165) is 27.7 Å². The third-order valence-electron chi connectivity index (χ3n) is 6.30. The number of aromatic amines is 1. The molecule has 3 aromatic rings. The van der Waals surface area contributed by atoms with Crippen molar-refractivity contribution in [3.8, 4) is 22.5 Å². The summed E-state index contributed by atoms with van der Waals surface area (Å²) in [5.41, 5.74) is 5.59. The predicted octanol–water partition coefficient (Wildman–Crippen LogP) is 6.54. The SMILES string of the molecule is CC(C)c1ccc(-c2nc(SC[C@@H]3C[C@@](C)(O)CC(=O)O3)[nH]c2-c2ccc(C(C)C)cc2)cc1. The van der Waals surface area contributed by atoms with Gasteiger partial charge >= 0.3 is 5.97 Å². The molecule has 0 radical (unpaired) electrons. The van der Waals surface area contributed by atoms with E-state index in [1.54, 1.807) is 6.92 Å². The number of rotatable bonds is 7. The molecule has 4 rings (SSSR count). The number of esters is 1. The van der Waals surface area contributed by atoms with Gasteiger partial charge in [-0.2, -0.15) is 0 Å². The highest BCUT2D eigenvalue weighted by Gasteiger charge is 2.36. The Hall–Kier alpha value is -2.57. The molecule has 1 aromatic heterocycles. The van der Waals surface area contributed by atoms with Crippen LogP contribution in [0.2, 0.25) is 0 Å². The molecular weight excluding hydrogens is 444 g/mol. The Balaban J connectivity index is 1.63. The van der Waals surface area contributed by atoms with Crippen LogP contribution in [-0.4, -0.2) is 38.5 Å². The van der Waals surface area contributed by atoms with Gasteiger partial charge in [0.1, 0.15) is 6.10 Å². The van der Waals surface area contributed by atoms with E-state index in [1.807, 2.05) is 0 Å².